The molecule has 0 aliphatic rings. The molecule has 1 aromatic rings. The van der Waals surface area contributed by atoms with Crippen LogP contribution in [0.25, 0.3) is 0 Å². The number of hydrogen-bond acceptors (Lipinski definition) is 2. The third kappa shape index (κ3) is 1.06. The van der Waals surface area contributed by atoms with E-state index in [4.69, 9.17) is 5.26 Å². The fourth-order valence-corrected chi connectivity index (χ4v) is 0.570. The van der Waals surface area contributed by atoms with Crippen molar-refractivity contribution in [2.24, 2.45) is 0 Å². The lowest BCUT2D eigenvalue weighted by molar-refractivity contribution is -0.272. The molecule has 2 nitrogen and oxygen atoms in total. The van der Waals surface area contributed by atoms with Crippen LogP contribution in [-0.4, -0.2) is 0 Å². The maximum atomic E-state index is 12.3. The summed E-state index contributed by atoms with van der Waals surface area (Å²) < 4.78 is 12.3. The Bertz CT molecular complexity index is 290. The zero-order valence-electron chi connectivity index (χ0n) is 4.97. The number of hydrogen-bond donors (Lipinski definition) is 0. The molecule has 0 saturated carbocycles. The highest BCUT2D eigenvalue weighted by atomic mass is 19.1. The highest BCUT2D eigenvalue weighted by Crippen LogP contribution is 2.11. The summed E-state index contributed by atoms with van der Waals surface area (Å²) in [5.74, 6) is -1.56. The van der Waals surface area contributed by atoms with E-state index in [1.54, 1.807) is 6.07 Å². The standard InChI is InChI=1S/C7H4FNO/c8-6-3-5(4-9)1-2-7(6)10/h1-3,10H/p-1. The SMILES string of the molecule is N#Cc1ccc([O-])c(F)c1. The molecule has 50 valence electrons. The van der Waals surface area contributed by atoms with Crippen molar-refractivity contribution in [3.05, 3.63) is 29.6 Å². The van der Waals surface area contributed by atoms with E-state index in [1.807, 2.05) is 0 Å². The van der Waals surface area contributed by atoms with Gasteiger partial charge in [-0.25, -0.2) is 4.39 Å². The van der Waals surface area contributed by atoms with Crippen LogP contribution in [0.4, 0.5) is 4.39 Å². The number of benzene rings is 1. The molecule has 10 heavy (non-hydrogen) atoms. The number of nitriles is 1. The van der Waals surface area contributed by atoms with Gasteiger partial charge >= 0.3 is 0 Å². The van der Waals surface area contributed by atoms with Crippen LogP contribution < -0.4 is 5.11 Å². The van der Waals surface area contributed by atoms with Crippen LogP contribution in [0.3, 0.4) is 0 Å². The molecule has 0 N–H and O–H groups in total. The van der Waals surface area contributed by atoms with Crippen molar-refractivity contribution in [2.45, 2.75) is 0 Å². The lowest BCUT2D eigenvalue weighted by Crippen LogP contribution is -1.93. The van der Waals surface area contributed by atoms with Gasteiger partial charge < -0.3 is 5.11 Å². The fourth-order valence-electron chi connectivity index (χ4n) is 0.570. The van der Waals surface area contributed by atoms with E-state index in [0.29, 0.717) is 0 Å². The second-order valence-corrected chi connectivity index (χ2v) is 1.76. The van der Waals surface area contributed by atoms with Crippen LogP contribution in [0.1, 0.15) is 5.56 Å². The number of rotatable bonds is 0. The second-order valence-electron chi connectivity index (χ2n) is 1.76. The molecule has 1 aromatic carbocycles. The maximum Gasteiger partial charge on any atom is 0.116 e. The molecule has 0 aliphatic heterocycles. The summed E-state index contributed by atoms with van der Waals surface area (Å²) in [6, 6.07) is 4.95. The van der Waals surface area contributed by atoms with E-state index >= 15 is 0 Å². The molecule has 0 unspecified atom stereocenters. The molecular formula is C7H3FNO-. The molecule has 0 aliphatic carbocycles. The van der Waals surface area contributed by atoms with E-state index in [9.17, 15) is 9.50 Å². The Morgan fingerprint density at radius 2 is 2.20 bits per heavy atom. The van der Waals surface area contributed by atoms with Crippen molar-refractivity contribution in [2.75, 3.05) is 0 Å². The Balaban J connectivity index is 3.20. The molecule has 0 aromatic heterocycles. The molecule has 0 heterocycles. The lowest BCUT2D eigenvalue weighted by Gasteiger charge is -2.04. The monoisotopic (exact) mass is 136 g/mol. The van der Waals surface area contributed by atoms with Gasteiger partial charge in [-0.15, -0.1) is 0 Å². The van der Waals surface area contributed by atoms with Crippen molar-refractivity contribution in [1.29, 1.82) is 5.26 Å². The highest BCUT2D eigenvalue weighted by Gasteiger charge is 1.92. The molecule has 0 saturated heterocycles. The van der Waals surface area contributed by atoms with Gasteiger partial charge in [-0.05, 0) is 12.1 Å². The molecule has 0 fully saturated rings. The minimum atomic E-state index is -0.876. The van der Waals surface area contributed by atoms with E-state index in [2.05, 4.69) is 0 Å². The Labute approximate surface area is 57.1 Å². The van der Waals surface area contributed by atoms with Gasteiger partial charge in [-0.1, -0.05) is 11.8 Å². The summed E-state index contributed by atoms with van der Waals surface area (Å²) in [7, 11) is 0. The summed E-state index contributed by atoms with van der Waals surface area (Å²) in [4.78, 5) is 0. The van der Waals surface area contributed by atoms with Crippen LogP contribution >= 0.6 is 0 Å². The van der Waals surface area contributed by atoms with Crippen LogP contribution in [0.5, 0.6) is 5.75 Å². The number of halogens is 1. The van der Waals surface area contributed by atoms with Crippen LogP contribution in [0, 0.1) is 17.1 Å². The summed E-state index contributed by atoms with van der Waals surface area (Å²) in [6.07, 6.45) is 0. The smallest absolute Gasteiger partial charge is 0.116 e. The molecule has 0 atom stereocenters. The van der Waals surface area contributed by atoms with Crippen molar-refractivity contribution in [3.8, 4) is 11.8 Å². The second kappa shape index (κ2) is 2.36. The van der Waals surface area contributed by atoms with Gasteiger partial charge in [-0.3, -0.25) is 0 Å². The maximum absolute atomic E-state index is 12.3. The van der Waals surface area contributed by atoms with Gasteiger partial charge in [-0.2, -0.15) is 5.26 Å². The normalized spacial score (nSPS) is 8.80. The quantitative estimate of drug-likeness (QED) is 0.528. The fraction of sp³-hybridized carbons (Fsp3) is 0. The predicted octanol–water partition coefficient (Wildman–Crippen LogP) is 0.771. The minimum Gasteiger partial charge on any atom is -0.870 e. The van der Waals surface area contributed by atoms with Gasteiger partial charge in [0.25, 0.3) is 0 Å². The summed E-state index contributed by atoms with van der Waals surface area (Å²) in [6.45, 7) is 0. The highest BCUT2D eigenvalue weighted by molar-refractivity contribution is 5.34. The van der Waals surface area contributed by atoms with Gasteiger partial charge in [0.1, 0.15) is 5.82 Å². The first kappa shape index (κ1) is 6.56. The average molecular weight is 136 g/mol. The Hall–Kier alpha value is -1.56. The van der Waals surface area contributed by atoms with E-state index in [1.165, 1.54) is 6.07 Å². The molecular weight excluding hydrogens is 133 g/mol. The first-order valence-corrected chi connectivity index (χ1v) is 2.60. The third-order valence-electron chi connectivity index (χ3n) is 1.06. The largest absolute Gasteiger partial charge is 0.870 e. The van der Waals surface area contributed by atoms with Gasteiger partial charge in [0.15, 0.2) is 0 Å². The molecule has 1 rings (SSSR count). The van der Waals surface area contributed by atoms with E-state index < -0.39 is 11.6 Å². The van der Waals surface area contributed by atoms with Gasteiger partial charge in [0.2, 0.25) is 0 Å². The molecule has 0 amide bonds. The van der Waals surface area contributed by atoms with Crippen molar-refractivity contribution < 1.29 is 9.50 Å². The van der Waals surface area contributed by atoms with Gasteiger partial charge in [0, 0.05) is 0 Å². The van der Waals surface area contributed by atoms with Crippen LogP contribution in [0.2, 0.25) is 0 Å². The van der Waals surface area contributed by atoms with Crippen LogP contribution in [-0.2, 0) is 0 Å². The van der Waals surface area contributed by atoms with Crippen molar-refractivity contribution in [3.63, 3.8) is 0 Å². The summed E-state index contributed by atoms with van der Waals surface area (Å²) >= 11 is 0. The zero-order valence-corrected chi connectivity index (χ0v) is 4.97. The topological polar surface area (TPSA) is 46.8 Å². The van der Waals surface area contributed by atoms with Gasteiger partial charge in [0.05, 0.1) is 11.6 Å². The minimum absolute atomic E-state index is 0.164. The summed E-state index contributed by atoms with van der Waals surface area (Å²) in [5, 5.41) is 18.6. The summed E-state index contributed by atoms with van der Waals surface area (Å²) in [5.41, 5.74) is 0.164. The number of nitrogens with zero attached hydrogens (tertiary/aromatic N) is 1. The molecule has 3 heteroatoms. The molecule has 0 spiro atoms. The average Bonchev–Trinajstić information content (AvgIpc) is 1.95. The van der Waals surface area contributed by atoms with Crippen LogP contribution in [0.15, 0.2) is 18.2 Å². The Morgan fingerprint density at radius 1 is 1.50 bits per heavy atom. The lowest BCUT2D eigenvalue weighted by atomic mass is 10.2. The van der Waals surface area contributed by atoms with E-state index in [-0.39, 0.29) is 5.56 Å². The molecule has 0 radical (unpaired) electrons. The zero-order chi connectivity index (χ0) is 7.56. The third-order valence-corrected chi connectivity index (χ3v) is 1.06. The Morgan fingerprint density at radius 3 is 2.70 bits per heavy atom. The van der Waals surface area contributed by atoms with Crippen molar-refractivity contribution in [1.82, 2.24) is 0 Å². The molecule has 0 bridgehead atoms. The van der Waals surface area contributed by atoms with Crippen molar-refractivity contribution >= 4 is 0 Å². The Kier molecular flexibility index (Phi) is 1.55. The first-order valence-electron chi connectivity index (χ1n) is 2.60. The predicted molar refractivity (Wildman–Crippen MR) is 30.6 cm³/mol. The van der Waals surface area contributed by atoms with E-state index in [0.717, 1.165) is 12.1 Å². The first-order chi connectivity index (χ1) is 4.74.